The minimum Gasteiger partial charge on any atom is -0.359 e. The van der Waals surface area contributed by atoms with E-state index in [0.29, 0.717) is 21.8 Å². The number of hydrogen-bond acceptors (Lipinski definition) is 5. The van der Waals surface area contributed by atoms with Crippen LogP contribution in [0.15, 0.2) is 72.2 Å². The maximum Gasteiger partial charge on any atom is 0.139 e. The Bertz CT molecular complexity index is 1210. The van der Waals surface area contributed by atoms with Crippen LogP contribution < -0.4 is 5.32 Å². The van der Waals surface area contributed by atoms with E-state index in [-0.39, 0.29) is 0 Å². The Morgan fingerprint density at radius 2 is 1.83 bits per heavy atom. The predicted octanol–water partition coefficient (Wildman–Crippen LogP) is 6.50. The molecule has 1 unspecified atom stereocenters. The topological polar surface area (TPSA) is 67.2 Å². The summed E-state index contributed by atoms with van der Waals surface area (Å²) in [5.41, 5.74) is 4.46. The van der Waals surface area contributed by atoms with Crippen molar-refractivity contribution < 1.29 is 0 Å². The van der Waals surface area contributed by atoms with Gasteiger partial charge in [0.1, 0.15) is 11.5 Å². The molecule has 2 aromatic heterocycles. The average Bonchev–Trinajstić information content (AvgIpc) is 2.73. The summed E-state index contributed by atoms with van der Waals surface area (Å²) in [6, 6.07) is 16.8. The third kappa shape index (κ3) is 3.69. The molecule has 4 rings (SSSR count). The fraction of sp³-hybridized carbons (Fsp3) is 0.130. The van der Waals surface area contributed by atoms with E-state index in [1.807, 2.05) is 62.4 Å². The highest BCUT2D eigenvalue weighted by atomic mass is 35.5. The molecule has 0 fully saturated rings. The molecule has 1 N–H and O–H groups in total. The molecule has 0 spiro atoms. The number of benzene rings is 2. The molecule has 0 bridgehead atoms. The van der Waals surface area contributed by atoms with Crippen molar-refractivity contribution in [1.29, 1.82) is 0 Å². The Balaban J connectivity index is 1.92. The molecule has 0 aliphatic carbocycles. The lowest BCUT2D eigenvalue weighted by Crippen LogP contribution is -2.15. The van der Waals surface area contributed by atoms with Crippen LogP contribution in [0.2, 0.25) is 5.02 Å². The molecule has 4 aromatic rings. The number of anilines is 1. The second-order valence-corrected chi connectivity index (χ2v) is 7.35. The first-order valence-corrected chi connectivity index (χ1v) is 9.61. The quantitative estimate of drug-likeness (QED) is 0.387. The van der Waals surface area contributed by atoms with Crippen LogP contribution in [0.4, 0.5) is 11.5 Å². The van der Waals surface area contributed by atoms with E-state index in [4.69, 9.17) is 11.6 Å². The van der Waals surface area contributed by atoms with Crippen LogP contribution in [0.25, 0.3) is 10.9 Å². The number of halogens is 1. The average molecular weight is 403 g/mol. The summed E-state index contributed by atoms with van der Waals surface area (Å²) in [5, 5.41) is 8.25. The lowest BCUT2D eigenvalue weighted by molar-refractivity contribution is 0.922. The van der Waals surface area contributed by atoms with Crippen LogP contribution in [0.5, 0.6) is 0 Å². The largest absolute Gasteiger partial charge is 0.359 e. The molecule has 0 aliphatic rings. The van der Waals surface area contributed by atoms with Gasteiger partial charge in [-0.2, -0.15) is 0 Å². The van der Waals surface area contributed by atoms with Gasteiger partial charge in [-0.05, 0) is 47.8 Å². The highest BCUT2D eigenvalue weighted by molar-refractivity contribution is 6.31. The van der Waals surface area contributed by atoms with Gasteiger partial charge in [0.2, 0.25) is 0 Å². The van der Waals surface area contributed by atoms with Crippen molar-refractivity contribution in [3.8, 4) is 0 Å². The Morgan fingerprint density at radius 1 is 1.00 bits per heavy atom. The SMILES string of the molecule is Cc1cnc(NC(c2ccccc2Cl)c2ccc3cccnc3c2N=O)c(C)c1. The molecule has 0 amide bonds. The van der Waals surface area contributed by atoms with Crippen LogP contribution in [0.3, 0.4) is 0 Å². The zero-order valence-corrected chi connectivity index (χ0v) is 16.8. The van der Waals surface area contributed by atoms with E-state index < -0.39 is 6.04 Å². The van der Waals surface area contributed by atoms with Gasteiger partial charge in [0.15, 0.2) is 0 Å². The summed E-state index contributed by atoms with van der Waals surface area (Å²) in [4.78, 5) is 20.8. The van der Waals surface area contributed by atoms with E-state index >= 15 is 0 Å². The van der Waals surface area contributed by atoms with E-state index in [0.717, 1.165) is 27.9 Å². The third-order valence-electron chi connectivity index (χ3n) is 4.89. The number of aromatic nitrogens is 2. The minimum absolute atomic E-state index is 0.297. The molecular weight excluding hydrogens is 384 g/mol. The third-order valence-corrected chi connectivity index (χ3v) is 5.24. The molecule has 0 saturated carbocycles. The number of fused-ring (bicyclic) bond motifs is 1. The summed E-state index contributed by atoms with van der Waals surface area (Å²) < 4.78 is 0. The fourth-order valence-corrected chi connectivity index (χ4v) is 3.75. The lowest BCUT2D eigenvalue weighted by Gasteiger charge is -2.23. The van der Waals surface area contributed by atoms with E-state index in [1.54, 1.807) is 12.4 Å². The van der Waals surface area contributed by atoms with Crippen molar-refractivity contribution in [3.05, 3.63) is 99.2 Å². The summed E-state index contributed by atoms with van der Waals surface area (Å²) >= 11 is 6.53. The Kier molecular flexibility index (Phi) is 5.23. The summed E-state index contributed by atoms with van der Waals surface area (Å²) in [6.45, 7) is 3.99. The first kappa shape index (κ1) is 19.0. The first-order valence-electron chi connectivity index (χ1n) is 9.23. The number of aryl methyl sites for hydroxylation is 2. The van der Waals surface area contributed by atoms with Crippen LogP contribution in [-0.2, 0) is 0 Å². The van der Waals surface area contributed by atoms with Gasteiger partial charge in [0.25, 0.3) is 0 Å². The summed E-state index contributed by atoms with van der Waals surface area (Å²) in [7, 11) is 0. The second-order valence-electron chi connectivity index (χ2n) is 6.95. The van der Waals surface area contributed by atoms with Crippen molar-refractivity contribution >= 4 is 34.0 Å². The van der Waals surface area contributed by atoms with Crippen molar-refractivity contribution in [2.45, 2.75) is 19.9 Å². The first-order chi connectivity index (χ1) is 14.1. The second kappa shape index (κ2) is 7.97. The van der Waals surface area contributed by atoms with Crippen molar-refractivity contribution in [2.24, 2.45) is 5.18 Å². The van der Waals surface area contributed by atoms with Crippen LogP contribution in [0, 0.1) is 18.8 Å². The number of hydrogen-bond donors (Lipinski definition) is 1. The molecule has 0 radical (unpaired) electrons. The number of nitrogens with zero attached hydrogens (tertiary/aromatic N) is 3. The highest BCUT2D eigenvalue weighted by Crippen LogP contribution is 2.39. The van der Waals surface area contributed by atoms with Crippen molar-refractivity contribution in [3.63, 3.8) is 0 Å². The molecule has 0 aliphatic heterocycles. The zero-order valence-electron chi connectivity index (χ0n) is 16.1. The van der Waals surface area contributed by atoms with Gasteiger partial charge in [-0.3, -0.25) is 4.98 Å². The lowest BCUT2D eigenvalue weighted by atomic mass is 9.95. The summed E-state index contributed by atoms with van der Waals surface area (Å²) in [6.07, 6.45) is 3.46. The zero-order chi connectivity index (χ0) is 20.4. The van der Waals surface area contributed by atoms with Gasteiger partial charge < -0.3 is 5.32 Å². The maximum atomic E-state index is 11.9. The van der Waals surface area contributed by atoms with E-state index in [1.165, 1.54) is 0 Å². The number of nitrogens with one attached hydrogen (secondary N) is 1. The van der Waals surface area contributed by atoms with Crippen molar-refractivity contribution in [1.82, 2.24) is 9.97 Å². The monoisotopic (exact) mass is 402 g/mol. The van der Waals surface area contributed by atoms with Crippen LogP contribution in [-0.4, -0.2) is 9.97 Å². The maximum absolute atomic E-state index is 11.9. The molecule has 144 valence electrons. The molecule has 5 nitrogen and oxygen atoms in total. The Hall–Kier alpha value is -3.31. The molecule has 6 heteroatoms. The van der Waals surface area contributed by atoms with E-state index in [9.17, 15) is 4.91 Å². The smallest absolute Gasteiger partial charge is 0.139 e. The molecule has 29 heavy (non-hydrogen) atoms. The van der Waals surface area contributed by atoms with Crippen molar-refractivity contribution in [2.75, 3.05) is 5.32 Å². The molecule has 2 aromatic carbocycles. The van der Waals surface area contributed by atoms with Gasteiger partial charge in [-0.1, -0.05) is 54.1 Å². The number of rotatable bonds is 5. The van der Waals surface area contributed by atoms with Gasteiger partial charge >= 0.3 is 0 Å². The van der Waals surface area contributed by atoms with E-state index in [2.05, 4.69) is 26.5 Å². The molecular formula is C23H19ClN4O. The highest BCUT2D eigenvalue weighted by Gasteiger charge is 2.23. The van der Waals surface area contributed by atoms with Crippen LogP contribution >= 0.6 is 11.6 Å². The van der Waals surface area contributed by atoms with Gasteiger partial charge in [0, 0.05) is 28.4 Å². The fourth-order valence-electron chi connectivity index (χ4n) is 3.51. The summed E-state index contributed by atoms with van der Waals surface area (Å²) in [5.74, 6) is 0.721. The Morgan fingerprint density at radius 3 is 2.59 bits per heavy atom. The van der Waals surface area contributed by atoms with Gasteiger partial charge in [0.05, 0.1) is 11.6 Å². The predicted molar refractivity (Wildman–Crippen MR) is 118 cm³/mol. The normalized spacial score (nSPS) is 12.0. The molecule has 1 atom stereocenters. The molecule has 0 saturated heterocycles. The number of nitroso groups, excluding NO2 is 1. The van der Waals surface area contributed by atoms with Gasteiger partial charge in [-0.15, -0.1) is 4.91 Å². The van der Waals surface area contributed by atoms with Crippen LogP contribution in [0.1, 0.15) is 28.3 Å². The Labute approximate surface area is 173 Å². The van der Waals surface area contributed by atoms with Gasteiger partial charge in [-0.25, -0.2) is 4.98 Å². The minimum atomic E-state index is -0.420. The number of pyridine rings is 2. The standard InChI is InChI=1S/C23H19ClN4O/c1-14-12-15(2)23(26-13-14)27-21(17-7-3-4-8-19(17)24)18-10-9-16-6-5-11-25-20(16)22(18)28-29/h3-13,21H,1-2H3,(H,26,27). The molecule has 2 heterocycles.